The van der Waals surface area contributed by atoms with Gasteiger partial charge in [-0.1, -0.05) is 17.7 Å². The Labute approximate surface area is 143 Å². The number of ketones is 1. The first-order chi connectivity index (χ1) is 11.4. The minimum absolute atomic E-state index is 0.0559. The standard InChI is InChI=1S/C16H11ClF6O2/c1-8-13(24)5-10(15(18,19)20)6-14(8)25-7-9-2-3-12(17)11(4-9)16(21,22)23/h2-6,8H,7H2,1H3. The van der Waals surface area contributed by atoms with E-state index in [1.165, 1.54) is 13.0 Å². The van der Waals surface area contributed by atoms with Crippen LogP contribution in [0.15, 0.2) is 41.7 Å². The summed E-state index contributed by atoms with van der Waals surface area (Å²) >= 11 is 5.49. The number of rotatable bonds is 3. The third kappa shape index (κ3) is 4.56. The second kappa shape index (κ2) is 6.74. The zero-order chi connectivity index (χ0) is 19.0. The maximum absolute atomic E-state index is 12.8. The zero-order valence-electron chi connectivity index (χ0n) is 12.6. The highest BCUT2D eigenvalue weighted by Gasteiger charge is 2.37. The molecule has 2 rings (SSSR count). The molecule has 0 bridgehead atoms. The first-order valence-electron chi connectivity index (χ1n) is 6.92. The Balaban J connectivity index is 2.22. The van der Waals surface area contributed by atoms with Crippen molar-refractivity contribution in [3.63, 3.8) is 0 Å². The number of carbonyl (C=O) groups excluding carboxylic acids is 1. The van der Waals surface area contributed by atoms with Gasteiger partial charge in [0.1, 0.15) is 12.4 Å². The van der Waals surface area contributed by atoms with Crippen LogP contribution in [0.5, 0.6) is 0 Å². The maximum Gasteiger partial charge on any atom is 0.417 e. The Morgan fingerprint density at radius 1 is 1.08 bits per heavy atom. The van der Waals surface area contributed by atoms with Crippen LogP contribution in [-0.4, -0.2) is 12.0 Å². The third-order valence-electron chi connectivity index (χ3n) is 3.52. The van der Waals surface area contributed by atoms with Crippen molar-refractivity contribution >= 4 is 17.4 Å². The molecule has 1 aliphatic rings. The highest BCUT2D eigenvalue weighted by molar-refractivity contribution is 6.31. The number of benzene rings is 1. The van der Waals surface area contributed by atoms with E-state index in [2.05, 4.69) is 0 Å². The van der Waals surface area contributed by atoms with E-state index in [0.717, 1.165) is 12.1 Å². The quantitative estimate of drug-likeness (QED) is 0.646. The van der Waals surface area contributed by atoms with Gasteiger partial charge in [-0.25, -0.2) is 0 Å². The van der Waals surface area contributed by atoms with Crippen molar-refractivity contribution in [2.24, 2.45) is 5.92 Å². The molecule has 0 N–H and O–H groups in total. The number of alkyl halides is 6. The molecule has 1 aromatic carbocycles. The van der Waals surface area contributed by atoms with E-state index in [-0.39, 0.29) is 11.3 Å². The summed E-state index contributed by atoms with van der Waals surface area (Å²) in [4.78, 5) is 11.6. The SMILES string of the molecule is CC1C(=O)C=C(C(F)(F)F)C=C1OCc1ccc(Cl)c(C(F)(F)F)c1. The lowest BCUT2D eigenvalue weighted by Gasteiger charge is -2.21. The smallest absolute Gasteiger partial charge is 0.417 e. The van der Waals surface area contributed by atoms with Crippen molar-refractivity contribution in [3.05, 3.63) is 57.8 Å². The summed E-state index contributed by atoms with van der Waals surface area (Å²) in [6.07, 6.45) is -8.25. The van der Waals surface area contributed by atoms with Gasteiger partial charge in [0.2, 0.25) is 0 Å². The van der Waals surface area contributed by atoms with E-state index in [1.807, 2.05) is 0 Å². The molecular weight excluding hydrogens is 374 g/mol. The number of ether oxygens (including phenoxy) is 1. The lowest BCUT2D eigenvalue weighted by Crippen LogP contribution is -2.23. The number of hydrogen-bond acceptors (Lipinski definition) is 2. The summed E-state index contributed by atoms with van der Waals surface area (Å²) in [6, 6.07) is 3.03. The van der Waals surface area contributed by atoms with Gasteiger partial charge < -0.3 is 4.74 Å². The summed E-state index contributed by atoms with van der Waals surface area (Å²) in [5.74, 6) is -2.01. The van der Waals surface area contributed by atoms with Crippen molar-refractivity contribution in [1.82, 2.24) is 0 Å². The fourth-order valence-electron chi connectivity index (χ4n) is 2.11. The molecule has 2 nitrogen and oxygen atoms in total. The van der Waals surface area contributed by atoms with Crippen molar-refractivity contribution < 1.29 is 35.9 Å². The molecule has 0 fully saturated rings. The molecule has 0 saturated heterocycles. The first-order valence-corrected chi connectivity index (χ1v) is 7.30. The van der Waals surface area contributed by atoms with E-state index < -0.39 is 46.8 Å². The van der Waals surface area contributed by atoms with Crippen LogP contribution in [-0.2, 0) is 22.3 Å². The first kappa shape index (κ1) is 19.4. The summed E-state index contributed by atoms with van der Waals surface area (Å²) < 4.78 is 81.8. The van der Waals surface area contributed by atoms with Crippen molar-refractivity contribution in [1.29, 1.82) is 0 Å². The zero-order valence-corrected chi connectivity index (χ0v) is 13.4. The van der Waals surface area contributed by atoms with E-state index in [0.29, 0.717) is 12.2 Å². The molecule has 1 aromatic rings. The van der Waals surface area contributed by atoms with Crippen LogP contribution in [0.1, 0.15) is 18.1 Å². The van der Waals surface area contributed by atoms with Crippen LogP contribution >= 0.6 is 11.6 Å². The highest BCUT2D eigenvalue weighted by atomic mass is 35.5. The molecule has 0 saturated carbocycles. The van der Waals surface area contributed by atoms with E-state index in [9.17, 15) is 31.1 Å². The van der Waals surface area contributed by atoms with Gasteiger partial charge in [-0.2, -0.15) is 26.3 Å². The van der Waals surface area contributed by atoms with Crippen LogP contribution in [0.25, 0.3) is 0 Å². The van der Waals surface area contributed by atoms with Gasteiger partial charge in [0.25, 0.3) is 0 Å². The van der Waals surface area contributed by atoms with Gasteiger partial charge in [0, 0.05) is 0 Å². The monoisotopic (exact) mass is 384 g/mol. The average molecular weight is 385 g/mol. The number of allylic oxidation sites excluding steroid dienone is 4. The van der Waals surface area contributed by atoms with Crippen molar-refractivity contribution in [2.75, 3.05) is 0 Å². The number of carbonyl (C=O) groups is 1. The highest BCUT2D eigenvalue weighted by Crippen LogP contribution is 2.36. The topological polar surface area (TPSA) is 26.3 Å². The van der Waals surface area contributed by atoms with Gasteiger partial charge in [0.05, 0.1) is 22.1 Å². The Morgan fingerprint density at radius 2 is 1.72 bits per heavy atom. The second-order valence-corrected chi connectivity index (χ2v) is 5.78. The predicted molar refractivity (Wildman–Crippen MR) is 77.6 cm³/mol. The fraction of sp³-hybridized carbons (Fsp3) is 0.312. The Bertz CT molecular complexity index is 746. The Kier molecular flexibility index (Phi) is 5.22. The van der Waals surface area contributed by atoms with Gasteiger partial charge >= 0.3 is 12.4 Å². The summed E-state index contributed by atoms with van der Waals surface area (Å²) in [7, 11) is 0. The molecule has 0 heterocycles. The maximum atomic E-state index is 12.8. The molecule has 0 aromatic heterocycles. The molecule has 136 valence electrons. The van der Waals surface area contributed by atoms with Gasteiger partial charge in [-0.3, -0.25) is 4.79 Å². The second-order valence-electron chi connectivity index (χ2n) is 5.37. The predicted octanol–water partition coefficient (Wildman–Crippen LogP) is 5.47. The van der Waals surface area contributed by atoms with Crippen LogP contribution in [0.4, 0.5) is 26.3 Å². The molecule has 25 heavy (non-hydrogen) atoms. The van der Waals surface area contributed by atoms with E-state index >= 15 is 0 Å². The molecule has 1 unspecified atom stereocenters. The molecule has 1 atom stereocenters. The van der Waals surface area contributed by atoms with Gasteiger partial charge in [-0.05, 0) is 36.8 Å². The summed E-state index contributed by atoms with van der Waals surface area (Å²) in [6.45, 7) is 0.912. The minimum Gasteiger partial charge on any atom is -0.492 e. The Hall–Kier alpha value is -1.96. The van der Waals surface area contributed by atoms with E-state index in [1.54, 1.807) is 0 Å². The molecule has 1 aliphatic carbocycles. The number of halogens is 7. The fourth-order valence-corrected chi connectivity index (χ4v) is 2.34. The van der Waals surface area contributed by atoms with Gasteiger partial charge in [0.15, 0.2) is 5.78 Å². The normalized spacial score (nSPS) is 18.7. The molecule has 0 radical (unpaired) electrons. The molecule has 0 amide bonds. The lowest BCUT2D eigenvalue weighted by molar-refractivity contribution is -0.137. The largest absolute Gasteiger partial charge is 0.492 e. The molecular formula is C16H11ClF6O2. The van der Waals surface area contributed by atoms with Crippen LogP contribution in [0, 0.1) is 5.92 Å². The van der Waals surface area contributed by atoms with Crippen LogP contribution in [0.3, 0.4) is 0 Å². The summed E-state index contributed by atoms with van der Waals surface area (Å²) in [5, 5.41) is -0.501. The molecule has 0 spiro atoms. The lowest BCUT2D eigenvalue weighted by atomic mass is 9.94. The van der Waals surface area contributed by atoms with Crippen molar-refractivity contribution in [2.45, 2.75) is 25.9 Å². The average Bonchev–Trinajstić information content (AvgIpc) is 2.47. The third-order valence-corrected chi connectivity index (χ3v) is 3.85. The minimum atomic E-state index is -4.73. The van der Waals surface area contributed by atoms with E-state index in [4.69, 9.17) is 16.3 Å². The van der Waals surface area contributed by atoms with Crippen LogP contribution < -0.4 is 0 Å². The van der Waals surface area contributed by atoms with Gasteiger partial charge in [-0.15, -0.1) is 0 Å². The van der Waals surface area contributed by atoms with Crippen molar-refractivity contribution in [3.8, 4) is 0 Å². The van der Waals surface area contributed by atoms with Crippen LogP contribution in [0.2, 0.25) is 5.02 Å². The molecule has 0 aliphatic heterocycles. The summed E-state index contributed by atoms with van der Waals surface area (Å²) in [5.41, 5.74) is -2.19. The Morgan fingerprint density at radius 3 is 2.28 bits per heavy atom. The number of hydrogen-bond donors (Lipinski definition) is 0. The molecule has 9 heteroatoms.